The molecule has 9 nitrogen and oxygen atoms in total. The molecular formula is C35H36MgN4O5. The SMILES string of the molecule is C=Cc1c(C)c2cc3nc(c4c5[n-]c(cc6nc(cc1[n-]2)C(C)C6CC)c(C)c5C(=O)[C@@H]4C(=O)OC)[C@@H](CCC(=O)O)[C@@H]3C.[Mg+2]. The molecule has 45 heavy (non-hydrogen) atoms. The van der Waals surface area contributed by atoms with Crippen molar-refractivity contribution in [1.29, 1.82) is 0 Å². The predicted molar refractivity (Wildman–Crippen MR) is 173 cm³/mol. The molecule has 0 fully saturated rings. The third-order valence-electron chi connectivity index (χ3n) is 9.84. The number of hydrogen-bond acceptors (Lipinski definition) is 6. The molecule has 0 amide bonds. The largest absolute Gasteiger partial charge is 2.00 e. The zero-order chi connectivity index (χ0) is 31.6. The van der Waals surface area contributed by atoms with Gasteiger partial charge in [-0.2, -0.15) is 0 Å². The Balaban J connectivity index is 0.00000400. The zero-order valence-electron chi connectivity index (χ0n) is 26.6. The number of carboxylic acids is 1. The van der Waals surface area contributed by atoms with E-state index in [1.165, 1.54) is 7.11 Å². The maximum Gasteiger partial charge on any atom is 2.00 e. The van der Waals surface area contributed by atoms with Crippen LogP contribution in [0, 0.1) is 13.8 Å². The van der Waals surface area contributed by atoms with Crippen molar-refractivity contribution in [1.82, 2.24) is 19.9 Å². The Kier molecular flexibility index (Phi) is 8.85. The van der Waals surface area contributed by atoms with Gasteiger partial charge >= 0.3 is 35.0 Å². The molecule has 2 aliphatic heterocycles. The molecule has 0 radical (unpaired) electrons. The number of hydrogen-bond donors (Lipinski definition) is 1. The van der Waals surface area contributed by atoms with Crippen LogP contribution < -0.4 is 9.97 Å². The van der Waals surface area contributed by atoms with E-state index in [4.69, 9.17) is 24.7 Å². The summed E-state index contributed by atoms with van der Waals surface area (Å²) < 4.78 is 5.12. The molecule has 3 aromatic heterocycles. The summed E-state index contributed by atoms with van der Waals surface area (Å²) in [4.78, 5) is 58.9. The fourth-order valence-electron chi connectivity index (χ4n) is 7.28. The number of esters is 1. The van der Waals surface area contributed by atoms with Crippen LogP contribution in [-0.4, -0.2) is 63.0 Å². The van der Waals surface area contributed by atoms with Gasteiger partial charge in [0.2, 0.25) is 0 Å². The standard InChI is InChI=1S/C35H38N4O5.Mg/c1-8-19-15(3)22-12-24-17(5)21(10-11-28(40)41)32(38-24)30-31(35(43)44-7)34(42)29-18(6)25(39-33(29)30)14-27-20(9-2)16(4)23(37-27)13-26(19)36-22;/h8,12-14,16-17,20-21,31H,1,9-11H2,2-7H3,(H3,36,37,38,39,40,41,42);/q;+2/p-2/t16?,17-,20?,21-,31+;/m0./s1. The average Bonchev–Trinajstić information content (AvgIpc) is 3.72. The topological polar surface area (TPSA) is 135 Å². The van der Waals surface area contributed by atoms with E-state index >= 15 is 0 Å². The first-order valence-corrected chi connectivity index (χ1v) is 15.1. The maximum absolute atomic E-state index is 14.0. The summed E-state index contributed by atoms with van der Waals surface area (Å²) in [5, 5.41) is 9.59. The van der Waals surface area contributed by atoms with Crippen molar-refractivity contribution in [2.45, 2.75) is 83.5 Å². The van der Waals surface area contributed by atoms with Crippen LogP contribution >= 0.6 is 0 Å². The van der Waals surface area contributed by atoms with Gasteiger partial charge in [-0.1, -0.05) is 62.8 Å². The summed E-state index contributed by atoms with van der Waals surface area (Å²) in [6, 6.07) is 5.92. The number of Topliss-reactive ketones (excluding diaryl/α,β-unsaturated/α-hetero) is 1. The second-order valence-electron chi connectivity index (χ2n) is 12.2. The number of ketones is 1. The molecular weight excluding hydrogens is 581 g/mol. The van der Waals surface area contributed by atoms with Crippen molar-refractivity contribution in [3.8, 4) is 0 Å². The Hall–Kier alpha value is -3.76. The summed E-state index contributed by atoms with van der Waals surface area (Å²) in [5.41, 5.74) is 8.92. The fourth-order valence-corrected chi connectivity index (χ4v) is 7.28. The van der Waals surface area contributed by atoms with E-state index in [0.29, 0.717) is 39.1 Å². The molecule has 10 heteroatoms. The fraction of sp³-hybridized carbons (Fsp3) is 0.400. The summed E-state index contributed by atoms with van der Waals surface area (Å²) in [6.45, 7) is 14.2. The van der Waals surface area contributed by atoms with Gasteiger partial charge in [0, 0.05) is 58.4 Å². The van der Waals surface area contributed by atoms with Gasteiger partial charge in [-0.3, -0.25) is 24.4 Å². The maximum atomic E-state index is 14.0. The summed E-state index contributed by atoms with van der Waals surface area (Å²) >= 11 is 0. The van der Waals surface area contributed by atoms with Gasteiger partial charge in [0.1, 0.15) is 5.92 Å². The third kappa shape index (κ3) is 5.12. The Labute approximate surface area is 278 Å². The number of aryl methyl sites for hydroxylation is 2. The van der Waals surface area contributed by atoms with E-state index in [0.717, 1.165) is 40.0 Å². The molecule has 6 rings (SSSR count). The van der Waals surface area contributed by atoms with E-state index in [2.05, 4.69) is 20.4 Å². The summed E-state index contributed by atoms with van der Waals surface area (Å²) in [5.74, 6) is -3.48. The number of carbonyl (C=O) groups excluding carboxylic acids is 2. The van der Waals surface area contributed by atoms with Crippen molar-refractivity contribution in [3.63, 3.8) is 0 Å². The van der Waals surface area contributed by atoms with E-state index in [1.54, 1.807) is 0 Å². The minimum atomic E-state index is -1.22. The second-order valence-corrected chi connectivity index (χ2v) is 12.2. The molecule has 3 aromatic rings. The Morgan fingerprint density at radius 3 is 2.24 bits per heavy atom. The molecule has 0 aromatic carbocycles. The van der Waals surface area contributed by atoms with Crippen molar-refractivity contribution in [3.05, 3.63) is 75.4 Å². The van der Waals surface area contributed by atoms with E-state index in [1.807, 2.05) is 45.0 Å². The van der Waals surface area contributed by atoms with E-state index < -0.39 is 17.9 Å². The summed E-state index contributed by atoms with van der Waals surface area (Å²) in [6.07, 6.45) is 2.87. The number of aromatic nitrogens is 4. The molecule has 8 bridgehead atoms. The molecule has 0 saturated heterocycles. The van der Waals surface area contributed by atoms with Gasteiger partial charge in [-0.15, -0.1) is 22.1 Å². The molecule has 5 atom stereocenters. The Morgan fingerprint density at radius 2 is 1.60 bits per heavy atom. The van der Waals surface area contributed by atoms with Crippen molar-refractivity contribution in [2.24, 2.45) is 0 Å². The van der Waals surface area contributed by atoms with Crippen molar-refractivity contribution < 1.29 is 24.2 Å². The number of methoxy groups -OCH3 is 1. The smallest absolute Gasteiger partial charge is 0.657 e. The van der Waals surface area contributed by atoms with Gasteiger partial charge in [0.15, 0.2) is 5.78 Å². The van der Waals surface area contributed by atoms with Gasteiger partial charge in [-0.05, 0) is 37.8 Å². The molecule has 5 heterocycles. The number of ether oxygens (including phenoxy) is 1. The van der Waals surface area contributed by atoms with Gasteiger partial charge in [-0.25, -0.2) is 0 Å². The molecule has 2 unspecified atom stereocenters. The van der Waals surface area contributed by atoms with Crippen LogP contribution in [0.5, 0.6) is 0 Å². The first-order chi connectivity index (χ1) is 21.0. The Morgan fingerprint density at radius 1 is 0.978 bits per heavy atom. The number of carboxylic acid groups (broad SMARTS) is 1. The minimum absolute atomic E-state index is 0. The van der Waals surface area contributed by atoms with Gasteiger partial charge in [0.05, 0.1) is 7.11 Å². The average molecular weight is 617 g/mol. The van der Waals surface area contributed by atoms with Crippen LogP contribution in [-0.2, 0) is 14.3 Å². The number of nitrogens with zero attached hydrogens (tertiary/aromatic N) is 4. The van der Waals surface area contributed by atoms with Crippen LogP contribution in [0.15, 0.2) is 24.8 Å². The normalized spacial score (nSPS) is 21.8. The van der Waals surface area contributed by atoms with Crippen LogP contribution in [0.1, 0.15) is 125 Å². The van der Waals surface area contributed by atoms with E-state index in [-0.39, 0.29) is 65.3 Å². The van der Waals surface area contributed by atoms with Crippen LogP contribution in [0.4, 0.5) is 0 Å². The second kappa shape index (κ2) is 12.2. The van der Waals surface area contributed by atoms with Gasteiger partial charge in [0.25, 0.3) is 0 Å². The Bertz CT molecular complexity index is 1920. The van der Waals surface area contributed by atoms with Crippen LogP contribution in [0.3, 0.4) is 0 Å². The number of carbonyl (C=O) groups is 3. The quantitative estimate of drug-likeness (QED) is 0.202. The van der Waals surface area contributed by atoms with Crippen molar-refractivity contribution >= 4 is 68.9 Å². The first-order valence-electron chi connectivity index (χ1n) is 15.1. The number of fused-ring (bicyclic) bond motifs is 8. The number of rotatable bonds is 6. The third-order valence-corrected chi connectivity index (χ3v) is 9.84. The number of aliphatic carboxylic acids is 1. The molecule has 0 saturated carbocycles. The zero-order valence-corrected chi connectivity index (χ0v) is 28.0. The van der Waals surface area contributed by atoms with E-state index in [9.17, 15) is 19.5 Å². The minimum Gasteiger partial charge on any atom is -0.657 e. The van der Waals surface area contributed by atoms with Gasteiger partial charge < -0.3 is 19.8 Å². The molecule has 3 aliphatic rings. The summed E-state index contributed by atoms with van der Waals surface area (Å²) in [7, 11) is 1.26. The van der Waals surface area contributed by atoms with Crippen LogP contribution in [0.25, 0.3) is 28.1 Å². The molecule has 1 aliphatic carbocycles. The first kappa shape index (κ1) is 32.6. The predicted octanol–water partition coefficient (Wildman–Crippen LogP) is 5.95. The monoisotopic (exact) mass is 616 g/mol. The molecule has 0 spiro atoms. The molecule has 1 N–H and O–H groups in total. The van der Waals surface area contributed by atoms with Crippen molar-refractivity contribution in [2.75, 3.05) is 7.11 Å². The van der Waals surface area contributed by atoms with Crippen LogP contribution in [0.2, 0.25) is 0 Å². The molecule has 228 valence electrons.